The summed E-state index contributed by atoms with van der Waals surface area (Å²) in [5, 5.41) is 0. The molecule has 0 heterocycles. The van der Waals surface area contributed by atoms with Crippen molar-refractivity contribution in [2.45, 2.75) is 58.3 Å². The summed E-state index contributed by atoms with van der Waals surface area (Å²) >= 11 is 0. The van der Waals surface area contributed by atoms with Crippen molar-refractivity contribution in [3.63, 3.8) is 0 Å². The van der Waals surface area contributed by atoms with Crippen molar-refractivity contribution in [3.05, 3.63) is 34.9 Å². The summed E-state index contributed by atoms with van der Waals surface area (Å²) in [5.41, 5.74) is 4.80. The average Bonchev–Trinajstić information content (AvgIpc) is 2.07. The molecule has 0 aliphatic rings. The molecule has 0 aliphatic heterocycles. The van der Waals surface area contributed by atoms with Crippen molar-refractivity contribution in [2.75, 3.05) is 0 Å². The second kappa shape index (κ2) is 5.11. The van der Waals surface area contributed by atoms with Gasteiger partial charge < -0.3 is 0 Å². The molecule has 1 aromatic rings. The van der Waals surface area contributed by atoms with Crippen LogP contribution in [0, 0.1) is 6.92 Å². The summed E-state index contributed by atoms with van der Waals surface area (Å²) in [6, 6.07) is 9.54. The van der Waals surface area contributed by atoms with Crippen LogP contribution < -0.4 is 0 Å². The third kappa shape index (κ3) is 5.22. The Morgan fingerprint density at radius 1 is 0.824 bits per heavy atom. The van der Waals surface area contributed by atoms with Gasteiger partial charge in [0.05, 0.1) is 0 Å². The van der Waals surface area contributed by atoms with E-state index in [1.165, 1.54) is 17.7 Å². The summed E-state index contributed by atoms with van der Waals surface area (Å²) in [6.07, 6.45) is 0. The van der Waals surface area contributed by atoms with E-state index >= 15 is 0 Å². The summed E-state index contributed by atoms with van der Waals surface area (Å²) < 4.78 is 0. The van der Waals surface area contributed by atoms with Crippen LogP contribution in [0.25, 0.3) is 0 Å². The van der Waals surface area contributed by atoms with Crippen LogP contribution in [0.4, 0.5) is 0 Å². The maximum atomic E-state index is 2.47. The predicted octanol–water partition coefficient (Wildman–Crippen LogP) is 4.83. The van der Waals surface area contributed by atoms with Gasteiger partial charge in [-0.3, -0.25) is 0 Å². The fraction of sp³-hybridized carbons (Fsp3) is 0.600. The van der Waals surface area contributed by atoms with Gasteiger partial charge in [-0.25, -0.2) is 0 Å². The maximum absolute atomic E-state index is 2.47. The SMILES string of the molecule is Cc1cccc(C[Si](C)(C)C)c1C[Si](C)(C)C. The predicted molar refractivity (Wildman–Crippen MR) is 85.3 cm³/mol. The van der Waals surface area contributed by atoms with Gasteiger partial charge >= 0.3 is 0 Å². The molecule has 0 N–H and O–H groups in total. The summed E-state index contributed by atoms with van der Waals surface area (Å²) in [7, 11) is -2.03. The van der Waals surface area contributed by atoms with Gasteiger partial charge in [0.2, 0.25) is 0 Å². The Morgan fingerprint density at radius 2 is 1.35 bits per heavy atom. The number of hydrogen-bond acceptors (Lipinski definition) is 0. The molecule has 0 amide bonds. The third-order valence-corrected chi connectivity index (χ3v) is 5.79. The monoisotopic (exact) mass is 264 g/mol. The lowest BCUT2D eigenvalue weighted by Gasteiger charge is -2.24. The van der Waals surface area contributed by atoms with Gasteiger partial charge in [0.25, 0.3) is 0 Å². The van der Waals surface area contributed by atoms with Crippen LogP contribution in [0.3, 0.4) is 0 Å². The van der Waals surface area contributed by atoms with Crippen LogP contribution in [-0.2, 0) is 12.1 Å². The number of hydrogen-bond donors (Lipinski definition) is 0. The molecule has 0 unspecified atom stereocenters. The van der Waals surface area contributed by atoms with Crippen molar-refractivity contribution in [3.8, 4) is 0 Å². The molecule has 17 heavy (non-hydrogen) atoms. The lowest BCUT2D eigenvalue weighted by atomic mass is 10.0. The van der Waals surface area contributed by atoms with E-state index in [1.54, 1.807) is 11.1 Å². The first-order chi connectivity index (χ1) is 7.58. The summed E-state index contributed by atoms with van der Waals surface area (Å²) in [5.74, 6) is 0. The highest BCUT2D eigenvalue weighted by Gasteiger charge is 2.21. The van der Waals surface area contributed by atoms with E-state index in [-0.39, 0.29) is 0 Å². The zero-order valence-electron chi connectivity index (χ0n) is 12.6. The molecule has 0 nitrogen and oxygen atoms in total. The van der Waals surface area contributed by atoms with Gasteiger partial charge in [-0.05, 0) is 35.7 Å². The highest BCUT2D eigenvalue weighted by atomic mass is 28.3. The number of benzene rings is 1. The van der Waals surface area contributed by atoms with E-state index in [4.69, 9.17) is 0 Å². The van der Waals surface area contributed by atoms with E-state index in [9.17, 15) is 0 Å². The largest absolute Gasteiger partial charge is 0.0693 e. The molecule has 0 bridgehead atoms. The summed E-state index contributed by atoms with van der Waals surface area (Å²) in [4.78, 5) is 0. The highest BCUT2D eigenvalue weighted by Crippen LogP contribution is 2.23. The molecule has 0 spiro atoms. The van der Waals surface area contributed by atoms with Crippen LogP contribution in [0.5, 0.6) is 0 Å². The number of aryl methyl sites for hydroxylation is 1. The van der Waals surface area contributed by atoms with Gasteiger partial charge in [-0.2, -0.15) is 0 Å². The van der Waals surface area contributed by atoms with Crippen molar-refractivity contribution in [1.29, 1.82) is 0 Å². The number of rotatable bonds is 4. The zero-order chi connectivity index (χ0) is 13.3. The Kier molecular flexibility index (Phi) is 4.42. The first-order valence-electron chi connectivity index (χ1n) is 6.66. The molecule has 0 fully saturated rings. The lowest BCUT2D eigenvalue weighted by molar-refractivity contribution is 1.15. The normalized spacial score (nSPS) is 12.9. The van der Waals surface area contributed by atoms with Crippen LogP contribution in [0.1, 0.15) is 16.7 Å². The molecule has 1 aromatic carbocycles. The Labute approximate surface area is 109 Å². The van der Waals surface area contributed by atoms with Crippen molar-refractivity contribution in [1.82, 2.24) is 0 Å². The summed E-state index contributed by atoms with van der Waals surface area (Å²) in [6.45, 7) is 17.1. The second-order valence-electron chi connectivity index (χ2n) is 7.69. The topological polar surface area (TPSA) is 0 Å². The molecule has 0 saturated carbocycles. The standard InChI is InChI=1S/C15H28Si2/c1-13-9-8-10-14(11-16(2,3)4)15(13)12-17(5,6)7/h8-10H,11-12H2,1-7H3. The average molecular weight is 265 g/mol. The Hall–Kier alpha value is -0.346. The maximum Gasteiger partial charge on any atom is 0.0487 e. The second-order valence-corrected chi connectivity index (χ2v) is 18.6. The minimum Gasteiger partial charge on any atom is -0.0693 e. The van der Waals surface area contributed by atoms with E-state index in [0.717, 1.165) is 0 Å². The van der Waals surface area contributed by atoms with Gasteiger partial charge in [0, 0.05) is 16.1 Å². The van der Waals surface area contributed by atoms with Gasteiger partial charge in [-0.1, -0.05) is 57.5 Å². The molecule has 2 heteroatoms. The molecule has 0 aromatic heterocycles. The fourth-order valence-electron chi connectivity index (χ4n) is 2.28. The Bertz CT molecular complexity index is 381. The lowest BCUT2D eigenvalue weighted by Crippen LogP contribution is -2.28. The smallest absolute Gasteiger partial charge is 0.0487 e. The van der Waals surface area contributed by atoms with Crippen LogP contribution in [0.15, 0.2) is 18.2 Å². The first kappa shape index (κ1) is 14.7. The molecule has 0 radical (unpaired) electrons. The minimum absolute atomic E-state index is 1.01. The van der Waals surface area contributed by atoms with E-state index in [2.05, 4.69) is 64.4 Å². The van der Waals surface area contributed by atoms with Crippen LogP contribution >= 0.6 is 0 Å². The zero-order valence-corrected chi connectivity index (χ0v) is 14.6. The fourth-order valence-corrected chi connectivity index (χ4v) is 5.32. The first-order valence-corrected chi connectivity index (χ1v) is 14.1. The van der Waals surface area contributed by atoms with Crippen molar-refractivity contribution < 1.29 is 0 Å². The van der Waals surface area contributed by atoms with Crippen molar-refractivity contribution >= 4 is 16.1 Å². The minimum atomic E-state index is -1.02. The molecule has 0 aliphatic carbocycles. The highest BCUT2D eigenvalue weighted by molar-refractivity contribution is 6.76. The Morgan fingerprint density at radius 3 is 1.82 bits per heavy atom. The molecule has 1 rings (SSSR count). The van der Waals surface area contributed by atoms with E-state index in [0.29, 0.717) is 0 Å². The van der Waals surface area contributed by atoms with Crippen LogP contribution in [0.2, 0.25) is 39.3 Å². The molecule has 0 atom stereocenters. The van der Waals surface area contributed by atoms with Gasteiger partial charge in [0.15, 0.2) is 0 Å². The van der Waals surface area contributed by atoms with Crippen molar-refractivity contribution in [2.24, 2.45) is 0 Å². The quantitative estimate of drug-likeness (QED) is 0.683. The molecular formula is C15H28Si2. The van der Waals surface area contributed by atoms with Gasteiger partial charge in [0.1, 0.15) is 0 Å². The molecular weight excluding hydrogens is 236 g/mol. The molecule has 96 valence electrons. The van der Waals surface area contributed by atoms with Crippen LogP contribution in [-0.4, -0.2) is 16.1 Å². The Balaban J connectivity index is 3.09. The molecule has 0 saturated heterocycles. The van der Waals surface area contributed by atoms with E-state index < -0.39 is 16.1 Å². The third-order valence-electron chi connectivity index (χ3n) is 2.94. The van der Waals surface area contributed by atoms with Gasteiger partial charge in [-0.15, -0.1) is 0 Å². The van der Waals surface area contributed by atoms with E-state index in [1.807, 2.05) is 0 Å².